The molecule has 96 valence electrons. The highest BCUT2D eigenvalue weighted by Crippen LogP contribution is 2.22. The highest BCUT2D eigenvalue weighted by atomic mass is 32.2. The van der Waals surface area contributed by atoms with Crippen molar-refractivity contribution < 1.29 is 4.74 Å². The van der Waals surface area contributed by atoms with Crippen molar-refractivity contribution in [2.45, 2.75) is 30.3 Å². The molecule has 0 aromatic carbocycles. The molecule has 0 amide bonds. The zero-order valence-corrected chi connectivity index (χ0v) is 11.0. The first kappa shape index (κ1) is 12.6. The molecule has 8 nitrogen and oxygen atoms in total. The van der Waals surface area contributed by atoms with Gasteiger partial charge in [-0.15, -0.1) is 0 Å². The minimum Gasteiger partial charge on any atom is -0.461 e. The van der Waals surface area contributed by atoms with Crippen molar-refractivity contribution >= 4 is 17.7 Å². The maximum atomic E-state index is 5.45. The number of anilines is 1. The minimum absolute atomic E-state index is 0.000218. The lowest BCUT2D eigenvalue weighted by Crippen LogP contribution is -2.11. The lowest BCUT2D eigenvalue weighted by Gasteiger charge is -2.09. The van der Waals surface area contributed by atoms with E-state index >= 15 is 0 Å². The standard InChI is InChI=1S/C9H13N7OS/c1-5(2)17-7-13-6(10-3)14-9(15-7)18-8-11-4-12-16-8/h4-5H,1-3H3,(H,11,12,16)(H,10,13,14,15). The maximum absolute atomic E-state index is 5.45. The Labute approximate surface area is 108 Å². The van der Waals surface area contributed by atoms with Gasteiger partial charge in [-0.05, 0) is 25.6 Å². The van der Waals surface area contributed by atoms with Crippen LogP contribution in [0.5, 0.6) is 6.01 Å². The second-order valence-corrected chi connectivity index (χ2v) is 4.49. The molecule has 2 aromatic heterocycles. The van der Waals surface area contributed by atoms with Gasteiger partial charge in [-0.2, -0.15) is 20.1 Å². The van der Waals surface area contributed by atoms with Crippen LogP contribution in [-0.4, -0.2) is 43.3 Å². The van der Waals surface area contributed by atoms with Crippen molar-refractivity contribution in [1.29, 1.82) is 0 Å². The molecule has 0 bridgehead atoms. The van der Waals surface area contributed by atoms with Crippen LogP contribution in [0, 0.1) is 0 Å². The van der Waals surface area contributed by atoms with Crippen molar-refractivity contribution in [3.8, 4) is 6.01 Å². The second kappa shape index (κ2) is 5.63. The number of nitrogens with one attached hydrogen (secondary N) is 2. The van der Waals surface area contributed by atoms with Crippen LogP contribution < -0.4 is 10.1 Å². The Hall–Kier alpha value is -1.90. The van der Waals surface area contributed by atoms with Gasteiger partial charge in [-0.3, -0.25) is 5.10 Å². The molecule has 0 unspecified atom stereocenters. The lowest BCUT2D eigenvalue weighted by molar-refractivity contribution is 0.219. The molecule has 0 saturated heterocycles. The smallest absolute Gasteiger partial charge is 0.322 e. The monoisotopic (exact) mass is 267 g/mol. The van der Waals surface area contributed by atoms with Crippen molar-refractivity contribution in [2.75, 3.05) is 12.4 Å². The van der Waals surface area contributed by atoms with Gasteiger partial charge in [0.25, 0.3) is 0 Å². The van der Waals surface area contributed by atoms with E-state index in [2.05, 4.69) is 35.5 Å². The highest BCUT2D eigenvalue weighted by Gasteiger charge is 2.10. The van der Waals surface area contributed by atoms with E-state index in [0.29, 0.717) is 16.3 Å². The van der Waals surface area contributed by atoms with Crippen molar-refractivity contribution in [3.05, 3.63) is 6.33 Å². The van der Waals surface area contributed by atoms with E-state index in [1.165, 1.54) is 18.1 Å². The first-order valence-corrected chi connectivity index (χ1v) is 6.12. The molecular formula is C9H13N7OS. The van der Waals surface area contributed by atoms with E-state index < -0.39 is 0 Å². The van der Waals surface area contributed by atoms with Crippen LogP contribution in [0.2, 0.25) is 0 Å². The molecule has 2 heterocycles. The maximum Gasteiger partial charge on any atom is 0.322 e. The van der Waals surface area contributed by atoms with Crippen LogP contribution in [0.25, 0.3) is 0 Å². The van der Waals surface area contributed by atoms with Gasteiger partial charge in [0.15, 0.2) is 5.16 Å². The van der Waals surface area contributed by atoms with Gasteiger partial charge >= 0.3 is 6.01 Å². The Morgan fingerprint density at radius 1 is 1.33 bits per heavy atom. The molecule has 0 saturated carbocycles. The summed E-state index contributed by atoms with van der Waals surface area (Å²) < 4.78 is 5.45. The van der Waals surface area contributed by atoms with Crippen LogP contribution >= 0.6 is 11.8 Å². The molecule has 9 heteroatoms. The van der Waals surface area contributed by atoms with E-state index in [1.54, 1.807) is 7.05 Å². The van der Waals surface area contributed by atoms with Gasteiger partial charge in [0.2, 0.25) is 11.1 Å². The summed E-state index contributed by atoms with van der Waals surface area (Å²) in [6.45, 7) is 3.82. The Kier molecular flexibility index (Phi) is 3.92. The fourth-order valence-corrected chi connectivity index (χ4v) is 1.72. The summed E-state index contributed by atoms with van der Waals surface area (Å²) in [6.07, 6.45) is 1.42. The highest BCUT2D eigenvalue weighted by molar-refractivity contribution is 7.99. The molecule has 0 aliphatic heterocycles. The third-order valence-electron chi connectivity index (χ3n) is 1.74. The molecule has 0 atom stereocenters. The SMILES string of the molecule is CNc1nc(OC(C)C)nc(Sc2ncn[nH]2)n1. The summed E-state index contributed by atoms with van der Waals surface area (Å²) in [5, 5.41) is 10.4. The third kappa shape index (κ3) is 3.29. The number of ether oxygens (including phenoxy) is 1. The predicted octanol–water partition coefficient (Wildman–Crippen LogP) is 0.970. The molecule has 0 aliphatic carbocycles. The zero-order chi connectivity index (χ0) is 13.0. The number of nitrogens with zero attached hydrogens (tertiary/aromatic N) is 5. The van der Waals surface area contributed by atoms with Crippen LogP contribution in [-0.2, 0) is 0 Å². The summed E-state index contributed by atoms with van der Waals surface area (Å²) in [7, 11) is 1.73. The lowest BCUT2D eigenvalue weighted by atomic mass is 10.5. The molecule has 0 spiro atoms. The molecule has 0 aliphatic rings. The quantitative estimate of drug-likeness (QED) is 0.826. The Morgan fingerprint density at radius 3 is 2.78 bits per heavy atom. The molecule has 0 fully saturated rings. The van der Waals surface area contributed by atoms with E-state index in [0.717, 1.165) is 0 Å². The van der Waals surface area contributed by atoms with Gasteiger partial charge in [0.1, 0.15) is 6.33 Å². The topological polar surface area (TPSA) is 102 Å². The average molecular weight is 267 g/mol. The largest absolute Gasteiger partial charge is 0.461 e. The number of hydrogen-bond acceptors (Lipinski definition) is 8. The summed E-state index contributed by atoms with van der Waals surface area (Å²) in [6, 6.07) is 0.284. The molecular weight excluding hydrogens is 254 g/mol. The minimum atomic E-state index is 0.000218. The van der Waals surface area contributed by atoms with Gasteiger partial charge in [-0.1, -0.05) is 0 Å². The Balaban J connectivity index is 2.23. The van der Waals surface area contributed by atoms with Gasteiger partial charge < -0.3 is 10.1 Å². The molecule has 2 N–H and O–H groups in total. The Morgan fingerprint density at radius 2 is 2.17 bits per heavy atom. The molecule has 2 aromatic rings. The average Bonchev–Trinajstić information content (AvgIpc) is 2.80. The fourth-order valence-electron chi connectivity index (χ4n) is 1.09. The molecule has 18 heavy (non-hydrogen) atoms. The fraction of sp³-hybridized carbons (Fsp3) is 0.444. The number of aromatic nitrogens is 6. The summed E-state index contributed by atoms with van der Waals surface area (Å²) in [4.78, 5) is 16.5. The normalized spacial score (nSPS) is 10.7. The van der Waals surface area contributed by atoms with Crippen LogP contribution in [0.4, 0.5) is 5.95 Å². The number of H-pyrrole nitrogens is 1. The second-order valence-electron chi connectivity index (χ2n) is 3.53. The van der Waals surface area contributed by atoms with Gasteiger partial charge in [0.05, 0.1) is 6.10 Å². The first-order valence-electron chi connectivity index (χ1n) is 5.31. The number of hydrogen-bond donors (Lipinski definition) is 2. The zero-order valence-electron chi connectivity index (χ0n) is 10.2. The van der Waals surface area contributed by atoms with Crippen molar-refractivity contribution in [3.63, 3.8) is 0 Å². The first-order chi connectivity index (χ1) is 8.67. The van der Waals surface area contributed by atoms with E-state index in [1.807, 2.05) is 13.8 Å². The van der Waals surface area contributed by atoms with Crippen molar-refractivity contribution in [2.24, 2.45) is 0 Å². The molecule has 0 radical (unpaired) electrons. The van der Waals surface area contributed by atoms with Gasteiger partial charge in [-0.25, -0.2) is 4.98 Å². The number of aromatic amines is 1. The number of rotatable bonds is 5. The summed E-state index contributed by atoms with van der Waals surface area (Å²) in [5.41, 5.74) is 0. The summed E-state index contributed by atoms with van der Waals surface area (Å²) >= 11 is 1.25. The molecule has 2 rings (SSSR count). The predicted molar refractivity (Wildman–Crippen MR) is 65.6 cm³/mol. The van der Waals surface area contributed by atoms with Crippen molar-refractivity contribution in [1.82, 2.24) is 30.1 Å². The van der Waals surface area contributed by atoms with E-state index in [4.69, 9.17) is 4.74 Å². The van der Waals surface area contributed by atoms with Crippen LogP contribution in [0.3, 0.4) is 0 Å². The third-order valence-corrected chi connectivity index (χ3v) is 2.50. The Bertz CT molecular complexity index is 502. The van der Waals surface area contributed by atoms with Crippen LogP contribution in [0.15, 0.2) is 16.6 Å². The summed E-state index contributed by atoms with van der Waals surface area (Å²) in [5.74, 6) is 0.447. The van der Waals surface area contributed by atoms with Crippen LogP contribution in [0.1, 0.15) is 13.8 Å². The van der Waals surface area contributed by atoms with E-state index in [-0.39, 0.29) is 12.1 Å². The van der Waals surface area contributed by atoms with E-state index in [9.17, 15) is 0 Å². The van der Waals surface area contributed by atoms with Gasteiger partial charge in [0, 0.05) is 7.05 Å².